The lowest BCUT2D eigenvalue weighted by Gasteiger charge is -2.08. The number of ketones is 1. The Labute approximate surface area is 132 Å². The van der Waals surface area contributed by atoms with Crippen molar-refractivity contribution in [1.82, 2.24) is 14.6 Å². The maximum absolute atomic E-state index is 11.5. The molecule has 0 unspecified atom stereocenters. The van der Waals surface area contributed by atoms with Crippen LogP contribution < -0.4 is 4.74 Å². The number of carbonyl (C=O) groups excluding carboxylic acids is 1. The first-order valence-corrected chi connectivity index (χ1v) is 7.89. The van der Waals surface area contributed by atoms with E-state index in [1.54, 1.807) is 24.8 Å². The molecule has 0 aliphatic rings. The molecule has 0 aliphatic heterocycles. The molecule has 0 radical (unpaired) electrons. The number of pyridine rings is 1. The molecule has 0 saturated heterocycles. The molecule has 22 heavy (non-hydrogen) atoms. The molecule has 6 heteroatoms. The van der Waals surface area contributed by atoms with Crippen molar-refractivity contribution >= 4 is 23.2 Å². The zero-order valence-corrected chi connectivity index (χ0v) is 12.9. The number of ether oxygens (including phenoxy) is 1. The second-order valence-electron chi connectivity index (χ2n) is 4.66. The summed E-state index contributed by atoms with van der Waals surface area (Å²) in [6, 6.07) is 13.1. The van der Waals surface area contributed by atoms with Crippen molar-refractivity contribution in [3.05, 3.63) is 54.2 Å². The minimum atomic E-state index is 0.00621. The first-order chi connectivity index (χ1) is 10.8. The third-order valence-corrected chi connectivity index (χ3v) is 4.03. The summed E-state index contributed by atoms with van der Waals surface area (Å²) in [5.41, 5.74) is 1.44. The van der Waals surface area contributed by atoms with E-state index < -0.39 is 0 Å². The second kappa shape index (κ2) is 6.62. The van der Waals surface area contributed by atoms with Crippen molar-refractivity contribution in [2.45, 2.75) is 12.1 Å². The monoisotopic (exact) mass is 313 g/mol. The smallest absolute Gasteiger partial charge is 0.195 e. The van der Waals surface area contributed by atoms with Crippen molar-refractivity contribution in [3.8, 4) is 5.75 Å². The number of thioether (sulfide) groups is 1. The minimum Gasteiger partial charge on any atom is -0.492 e. The second-order valence-corrected chi connectivity index (χ2v) is 5.72. The SMILES string of the molecule is CC(=O)c1ccccc1OCCSc1nnc2ccccn12. The number of Topliss-reactive ketones (excluding diaryl/α,β-unsaturated/α-hetero) is 1. The van der Waals surface area contributed by atoms with Gasteiger partial charge >= 0.3 is 0 Å². The molecular weight excluding hydrogens is 298 g/mol. The van der Waals surface area contributed by atoms with Gasteiger partial charge in [-0.2, -0.15) is 0 Å². The Kier molecular flexibility index (Phi) is 4.39. The summed E-state index contributed by atoms with van der Waals surface area (Å²) in [6.07, 6.45) is 1.93. The third-order valence-electron chi connectivity index (χ3n) is 3.12. The van der Waals surface area contributed by atoms with Crippen LogP contribution in [0.15, 0.2) is 53.8 Å². The van der Waals surface area contributed by atoms with Crippen LogP contribution in [0.25, 0.3) is 5.65 Å². The van der Waals surface area contributed by atoms with E-state index in [9.17, 15) is 4.79 Å². The summed E-state index contributed by atoms with van der Waals surface area (Å²) in [5.74, 6) is 1.36. The van der Waals surface area contributed by atoms with E-state index in [4.69, 9.17) is 4.74 Å². The van der Waals surface area contributed by atoms with E-state index >= 15 is 0 Å². The molecule has 3 aromatic rings. The van der Waals surface area contributed by atoms with Gasteiger partial charge in [-0.25, -0.2) is 0 Å². The van der Waals surface area contributed by atoms with E-state index in [-0.39, 0.29) is 5.78 Å². The molecule has 0 saturated carbocycles. The molecule has 0 N–H and O–H groups in total. The highest BCUT2D eigenvalue weighted by atomic mass is 32.2. The molecule has 0 bridgehead atoms. The Hall–Kier alpha value is -2.34. The highest BCUT2D eigenvalue weighted by Crippen LogP contribution is 2.20. The van der Waals surface area contributed by atoms with Gasteiger partial charge in [0.2, 0.25) is 0 Å². The average molecular weight is 313 g/mol. The van der Waals surface area contributed by atoms with E-state index in [0.29, 0.717) is 17.9 Å². The molecule has 112 valence electrons. The van der Waals surface area contributed by atoms with Gasteiger partial charge < -0.3 is 4.74 Å². The van der Waals surface area contributed by atoms with Gasteiger partial charge in [0.15, 0.2) is 16.6 Å². The molecule has 3 rings (SSSR count). The predicted molar refractivity (Wildman–Crippen MR) is 85.7 cm³/mol. The van der Waals surface area contributed by atoms with E-state index in [1.165, 1.54) is 0 Å². The topological polar surface area (TPSA) is 56.5 Å². The standard InChI is InChI=1S/C16H15N3O2S/c1-12(20)13-6-2-3-7-14(13)21-10-11-22-16-18-17-15-8-4-5-9-19(15)16/h2-9H,10-11H2,1H3. The van der Waals surface area contributed by atoms with Gasteiger partial charge in [-0.05, 0) is 31.2 Å². The average Bonchev–Trinajstić information content (AvgIpc) is 2.95. The number of para-hydroxylation sites is 1. The van der Waals surface area contributed by atoms with Crippen LogP contribution in [0.3, 0.4) is 0 Å². The van der Waals surface area contributed by atoms with Crippen LogP contribution in [-0.2, 0) is 0 Å². The molecule has 5 nitrogen and oxygen atoms in total. The van der Waals surface area contributed by atoms with Crippen molar-refractivity contribution in [3.63, 3.8) is 0 Å². The minimum absolute atomic E-state index is 0.00621. The molecule has 0 atom stereocenters. The summed E-state index contributed by atoms with van der Waals surface area (Å²) in [7, 11) is 0. The maximum atomic E-state index is 11.5. The molecule has 0 aliphatic carbocycles. The predicted octanol–water partition coefficient (Wildman–Crippen LogP) is 3.10. The Morgan fingerprint density at radius 2 is 2.00 bits per heavy atom. The fourth-order valence-electron chi connectivity index (χ4n) is 2.09. The van der Waals surface area contributed by atoms with Gasteiger partial charge in [0.25, 0.3) is 0 Å². The number of nitrogens with zero attached hydrogens (tertiary/aromatic N) is 3. The van der Waals surface area contributed by atoms with Crippen LogP contribution in [0, 0.1) is 0 Å². The van der Waals surface area contributed by atoms with E-state index in [1.807, 2.05) is 47.0 Å². The fraction of sp³-hybridized carbons (Fsp3) is 0.188. The number of aromatic nitrogens is 3. The molecule has 2 heterocycles. The van der Waals surface area contributed by atoms with Crippen LogP contribution in [0.5, 0.6) is 5.75 Å². The quantitative estimate of drug-likeness (QED) is 0.397. The van der Waals surface area contributed by atoms with Gasteiger partial charge in [-0.3, -0.25) is 9.20 Å². The molecular formula is C16H15N3O2S. The number of fused-ring (bicyclic) bond motifs is 1. The Balaban J connectivity index is 1.59. The van der Waals surface area contributed by atoms with Crippen LogP contribution in [0.1, 0.15) is 17.3 Å². The Morgan fingerprint density at radius 3 is 2.86 bits per heavy atom. The maximum Gasteiger partial charge on any atom is 0.195 e. The first kappa shape index (κ1) is 14.6. The summed E-state index contributed by atoms with van der Waals surface area (Å²) < 4.78 is 7.65. The third kappa shape index (κ3) is 3.12. The molecule has 0 fully saturated rings. The first-order valence-electron chi connectivity index (χ1n) is 6.91. The summed E-state index contributed by atoms with van der Waals surface area (Å²) in [5, 5.41) is 9.08. The Bertz CT molecular complexity index is 801. The van der Waals surface area contributed by atoms with Crippen LogP contribution >= 0.6 is 11.8 Å². The van der Waals surface area contributed by atoms with Gasteiger partial charge in [0, 0.05) is 11.9 Å². The summed E-state index contributed by atoms with van der Waals surface area (Å²) >= 11 is 1.57. The van der Waals surface area contributed by atoms with Crippen molar-refractivity contribution in [1.29, 1.82) is 0 Å². The van der Waals surface area contributed by atoms with Crippen molar-refractivity contribution < 1.29 is 9.53 Å². The zero-order valence-electron chi connectivity index (χ0n) is 12.1. The largest absolute Gasteiger partial charge is 0.492 e. The number of hydrogen-bond acceptors (Lipinski definition) is 5. The van der Waals surface area contributed by atoms with Crippen LogP contribution in [0.4, 0.5) is 0 Å². The number of rotatable bonds is 6. The zero-order chi connectivity index (χ0) is 15.4. The van der Waals surface area contributed by atoms with Gasteiger partial charge in [0.1, 0.15) is 5.75 Å². The van der Waals surface area contributed by atoms with Gasteiger partial charge in [-0.1, -0.05) is 30.0 Å². The highest BCUT2D eigenvalue weighted by Gasteiger charge is 2.08. The van der Waals surface area contributed by atoms with Crippen LogP contribution in [-0.4, -0.2) is 32.7 Å². The summed E-state index contributed by atoms with van der Waals surface area (Å²) in [6.45, 7) is 2.04. The lowest BCUT2D eigenvalue weighted by atomic mass is 10.1. The van der Waals surface area contributed by atoms with Crippen LogP contribution in [0.2, 0.25) is 0 Å². The number of benzene rings is 1. The van der Waals surface area contributed by atoms with Crippen molar-refractivity contribution in [2.75, 3.05) is 12.4 Å². The van der Waals surface area contributed by atoms with E-state index in [0.717, 1.165) is 16.6 Å². The molecule has 2 aromatic heterocycles. The fourth-order valence-corrected chi connectivity index (χ4v) is 2.83. The van der Waals surface area contributed by atoms with Gasteiger partial charge in [-0.15, -0.1) is 10.2 Å². The number of carbonyl (C=O) groups is 1. The lowest BCUT2D eigenvalue weighted by Crippen LogP contribution is -2.05. The normalized spacial score (nSPS) is 10.8. The lowest BCUT2D eigenvalue weighted by molar-refractivity contribution is 0.101. The van der Waals surface area contributed by atoms with E-state index in [2.05, 4.69) is 10.2 Å². The van der Waals surface area contributed by atoms with Gasteiger partial charge in [0.05, 0.1) is 12.2 Å². The highest BCUT2D eigenvalue weighted by molar-refractivity contribution is 7.99. The summed E-state index contributed by atoms with van der Waals surface area (Å²) in [4.78, 5) is 11.5. The number of hydrogen-bond donors (Lipinski definition) is 0. The molecule has 1 aromatic carbocycles. The molecule has 0 amide bonds. The molecule has 0 spiro atoms. The Morgan fingerprint density at radius 1 is 1.18 bits per heavy atom. The van der Waals surface area contributed by atoms with Crippen molar-refractivity contribution in [2.24, 2.45) is 0 Å².